The van der Waals surface area contributed by atoms with Gasteiger partial charge in [0.2, 0.25) is 0 Å². The van der Waals surface area contributed by atoms with E-state index < -0.39 is 6.10 Å². The molecule has 1 aromatic carbocycles. The SMILES string of the molecule is O=C(NCC(O)CN1CCc2ccccc2C1)c1cc(NC2CC3(COC3)C2)ncn1. The van der Waals surface area contributed by atoms with Gasteiger partial charge in [-0.15, -0.1) is 0 Å². The first-order valence-corrected chi connectivity index (χ1v) is 11.0. The summed E-state index contributed by atoms with van der Waals surface area (Å²) in [5.74, 6) is 0.360. The van der Waals surface area contributed by atoms with E-state index in [1.165, 1.54) is 17.5 Å². The number of benzene rings is 1. The fraction of sp³-hybridized carbons (Fsp3) is 0.522. The lowest BCUT2D eigenvalue weighted by Gasteiger charge is -2.53. The first-order chi connectivity index (χ1) is 15.1. The van der Waals surface area contributed by atoms with Gasteiger partial charge >= 0.3 is 0 Å². The first kappa shape index (κ1) is 20.4. The molecule has 3 heterocycles. The second-order valence-corrected chi connectivity index (χ2v) is 9.15. The van der Waals surface area contributed by atoms with Gasteiger partial charge in [-0.1, -0.05) is 24.3 Å². The molecule has 1 unspecified atom stereocenters. The van der Waals surface area contributed by atoms with Crippen molar-refractivity contribution in [2.45, 2.75) is 38.0 Å². The molecule has 8 heteroatoms. The second kappa shape index (κ2) is 8.53. The predicted molar refractivity (Wildman–Crippen MR) is 116 cm³/mol. The minimum absolute atomic E-state index is 0.189. The van der Waals surface area contributed by atoms with Crippen molar-refractivity contribution in [2.24, 2.45) is 5.41 Å². The molecule has 1 spiro atoms. The van der Waals surface area contributed by atoms with Crippen LogP contribution in [0.1, 0.15) is 34.5 Å². The zero-order valence-corrected chi connectivity index (χ0v) is 17.6. The summed E-state index contributed by atoms with van der Waals surface area (Å²) < 4.78 is 5.31. The molecular formula is C23H29N5O3. The molecular weight excluding hydrogens is 394 g/mol. The van der Waals surface area contributed by atoms with Crippen molar-refractivity contribution < 1.29 is 14.6 Å². The molecule has 3 aliphatic rings. The topological polar surface area (TPSA) is 99.6 Å². The standard InChI is InChI=1S/C23H29N5O3/c29-19(12-28-6-5-16-3-1-2-4-17(16)11-28)10-24-22(30)20-7-21(26-15-25-20)27-18-8-23(9-18)13-31-14-23/h1-4,7,15,18-19,29H,5-6,8-14H2,(H,24,30)(H,25,26,27). The summed E-state index contributed by atoms with van der Waals surface area (Å²) in [4.78, 5) is 23.1. The number of carbonyl (C=O) groups is 1. The molecule has 1 amide bonds. The summed E-state index contributed by atoms with van der Waals surface area (Å²) in [5.41, 5.74) is 3.37. The van der Waals surface area contributed by atoms with Crippen LogP contribution in [0.3, 0.4) is 0 Å². The third kappa shape index (κ3) is 4.56. The summed E-state index contributed by atoms with van der Waals surface area (Å²) in [6.45, 7) is 4.17. The lowest BCUT2D eigenvalue weighted by atomic mass is 9.64. The van der Waals surface area contributed by atoms with Crippen LogP contribution in [0.4, 0.5) is 5.82 Å². The minimum Gasteiger partial charge on any atom is -0.390 e. The third-order valence-electron chi connectivity index (χ3n) is 6.60. The quantitative estimate of drug-likeness (QED) is 0.616. The number of β-amino-alcohol motifs (C(OH)–C–C–N with tert-alkyl or cyclic N) is 1. The van der Waals surface area contributed by atoms with Gasteiger partial charge in [0.15, 0.2) is 0 Å². The zero-order chi connectivity index (χ0) is 21.3. The number of hydrogen-bond donors (Lipinski definition) is 3. The predicted octanol–water partition coefficient (Wildman–Crippen LogP) is 1.22. The van der Waals surface area contributed by atoms with Crippen LogP contribution in [0.5, 0.6) is 0 Å². The van der Waals surface area contributed by atoms with E-state index in [1.807, 2.05) is 0 Å². The van der Waals surface area contributed by atoms with Crippen LogP contribution in [-0.4, -0.2) is 70.9 Å². The van der Waals surface area contributed by atoms with Crippen molar-refractivity contribution in [3.05, 3.63) is 53.5 Å². The molecule has 1 saturated carbocycles. The van der Waals surface area contributed by atoms with Gasteiger partial charge in [-0.3, -0.25) is 9.69 Å². The zero-order valence-electron chi connectivity index (χ0n) is 17.6. The van der Waals surface area contributed by atoms with E-state index in [4.69, 9.17) is 4.74 Å². The number of anilines is 1. The fourth-order valence-corrected chi connectivity index (χ4v) is 4.86. The van der Waals surface area contributed by atoms with Gasteiger partial charge in [0.05, 0.1) is 19.3 Å². The van der Waals surface area contributed by atoms with Gasteiger partial charge in [-0.25, -0.2) is 9.97 Å². The molecule has 1 aromatic heterocycles. The number of aliphatic hydroxyl groups is 1. The molecule has 1 atom stereocenters. The van der Waals surface area contributed by atoms with Crippen LogP contribution in [-0.2, 0) is 17.7 Å². The normalized spacial score (nSPS) is 20.9. The molecule has 1 saturated heterocycles. The molecule has 5 rings (SSSR count). The average molecular weight is 424 g/mol. The Balaban J connectivity index is 1.08. The summed E-state index contributed by atoms with van der Waals surface area (Å²) in [6, 6.07) is 10.5. The van der Waals surface area contributed by atoms with E-state index in [2.05, 4.69) is 49.8 Å². The lowest BCUT2D eigenvalue weighted by molar-refractivity contribution is -0.159. The van der Waals surface area contributed by atoms with E-state index in [0.717, 1.165) is 45.6 Å². The fourth-order valence-electron chi connectivity index (χ4n) is 4.86. The Labute approximate surface area is 182 Å². The molecule has 0 bridgehead atoms. The second-order valence-electron chi connectivity index (χ2n) is 9.15. The summed E-state index contributed by atoms with van der Waals surface area (Å²) in [5, 5.41) is 16.6. The van der Waals surface area contributed by atoms with Crippen LogP contribution in [0, 0.1) is 5.41 Å². The van der Waals surface area contributed by atoms with Gasteiger partial charge < -0.3 is 20.5 Å². The largest absolute Gasteiger partial charge is 0.390 e. The van der Waals surface area contributed by atoms with Crippen LogP contribution < -0.4 is 10.6 Å². The monoisotopic (exact) mass is 423 g/mol. The Bertz CT molecular complexity index is 940. The van der Waals surface area contributed by atoms with Crippen LogP contribution in [0.15, 0.2) is 36.7 Å². The number of nitrogens with one attached hydrogen (secondary N) is 2. The van der Waals surface area contributed by atoms with E-state index in [0.29, 0.717) is 29.5 Å². The maximum Gasteiger partial charge on any atom is 0.270 e. The number of aliphatic hydroxyl groups excluding tert-OH is 1. The van der Waals surface area contributed by atoms with Gasteiger partial charge in [0.1, 0.15) is 17.8 Å². The van der Waals surface area contributed by atoms with E-state index in [9.17, 15) is 9.90 Å². The molecule has 2 aliphatic heterocycles. The first-order valence-electron chi connectivity index (χ1n) is 11.0. The van der Waals surface area contributed by atoms with E-state index in [1.54, 1.807) is 6.07 Å². The Hall–Kier alpha value is -2.55. The Morgan fingerprint density at radius 1 is 1.26 bits per heavy atom. The number of aromatic nitrogens is 2. The highest BCUT2D eigenvalue weighted by Gasteiger charge is 2.49. The maximum absolute atomic E-state index is 12.5. The number of fused-ring (bicyclic) bond motifs is 1. The van der Waals surface area contributed by atoms with E-state index >= 15 is 0 Å². The molecule has 2 aromatic rings. The van der Waals surface area contributed by atoms with E-state index in [-0.39, 0.29) is 12.5 Å². The molecule has 3 N–H and O–H groups in total. The smallest absolute Gasteiger partial charge is 0.270 e. The van der Waals surface area contributed by atoms with Crippen molar-refractivity contribution in [1.29, 1.82) is 0 Å². The highest BCUT2D eigenvalue weighted by Crippen LogP contribution is 2.47. The van der Waals surface area contributed by atoms with Crippen molar-refractivity contribution in [3.8, 4) is 0 Å². The number of nitrogens with zero attached hydrogens (tertiary/aromatic N) is 3. The molecule has 1 aliphatic carbocycles. The average Bonchev–Trinajstić information content (AvgIpc) is 2.73. The maximum atomic E-state index is 12.5. The number of carbonyl (C=O) groups excluding carboxylic acids is 1. The minimum atomic E-state index is -0.635. The van der Waals surface area contributed by atoms with Gasteiger partial charge in [-0.05, 0) is 30.4 Å². The number of hydrogen-bond acceptors (Lipinski definition) is 7. The van der Waals surface area contributed by atoms with Crippen LogP contribution in [0.25, 0.3) is 0 Å². The Morgan fingerprint density at radius 2 is 2.06 bits per heavy atom. The van der Waals surface area contributed by atoms with Gasteiger partial charge in [0, 0.05) is 43.7 Å². The molecule has 8 nitrogen and oxygen atoms in total. The number of amides is 1. The van der Waals surface area contributed by atoms with Crippen molar-refractivity contribution in [1.82, 2.24) is 20.2 Å². The Morgan fingerprint density at radius 3 is 2.84 bits per heavy atom. The molecule has 2 fully saturated rings. The van der Waals surface area contributed by atoms with Crippen molar-refractivity contribution in [2.75, 3.05) is 38.2 Å². The van der Waals surface area contributed by atoms with Crippen LogP contribution in [0.2, 0.25) is 0 Å². The van der Waals surface area contributed by atoms with Crippen molar-refractivity contribution in [3.63, 3.8) is 0 Å². The van der Waals surface area contributed by atoms with Gasteiger partial charge in [-0.2, -0.15) is 0 Å². The Kier molecular flexibility index (Phi) is 5.60. The highest BCUT2D eigenvalue weighted by atomic mass is 16.5. The van der Waals surface area contributed by atoms with Crippen LogP contribution >= 0.6 is 0 Å². The molecule has 31 heavy (non-hydrogen) atoms. The molecule has 0 radical (unpaired) electrons. The summed E-state index contributed by atoms with van der Waals surface area (Å²) in [7, 11) is 0. The number of ether oxygens (including phenoxy) is 1. The number of rotatable bonds is 7. The highest BCUT2D eigenvalue weighted by molar-refractivity contribution is 5.92. The van der Waals surface area contributed by atoms with Gasteiger partial charge in [0.25, 0.3) is 5.91 Å². The summed E-state index contributed by atoms with van der Waals surface area (Å²) >= 11 is 0. The summed E-state index contributed by atoms with van der Waals surface area (Å²) in [6.07, 6.45) is 3.91. The lowest BCUT2D eigenvalue weighted by Crippen LogP contribution is -2.56. The third-order valence-corrected chi connectivity index (χ3v) is 6.60. The van der Waals surface area contributed by atoms with Crippen molar-refractivity contribution >= 4 is 11.7 Å². The molecule has 164 valence electrons.